The summed E-state index contributed by atoms with van der Waals surface area (Å²) in [5.41, 5.74) is 1.93. The van der Waals surface area contributed by atoms with Crippen molar-refractivity contribution >= 4 is 5.97 Å². The first-order valence-corrected chi connectivity index (χ1v) is 6.42. The third kappa shape index (κ3) is 3.70. The van der Waals surface area contributed by atoms with Gasteiger partial charge in [-0.3, -0.25) is 9.69 Å². The molecule has 1 N–H and O–H groups in total. The van der Waals surface area contributed by atoms with Gasteiger partial charge in [-0.2, -0.15) is 5.10 Å². The molecule has 1 heterocycles. The van der Waals surface area contributed by atoms with Crippen molar-refractivity contribution in [2.24, 2.45) is 7.05 Å². The van der Waals surface area contributed by atoms with Crippen LogP contribution in [0.4, 0.5) is 0 Å². The van der Waals surface area contributed by atoms with E-state index in [0.717, 1.165) is 23.7 Å². The van der Waals surface area contributed by atoms with E-state index in [1.165, 1.54) is 0 Å². The van der Waals surface area contributed by atoms with Crippen molar-refractivity contribution in [2.75, 3.05) is 13.7 Å². The van der Waals surface area contributed by atoms with Gasteiger partial charge in [0.1, 0.15) is 0 Å². The van der Waals surface area contributed by atoms with Crippen LogP contribution in [-0.4, -0.2) is 45.5 Å². The maximum atomic E-state index is 10.8. The van der Waals surface area contributed by atoms with E-state index in [2.05, 4.69) is 10.00 Å². The number of nitrogens with zero attached hydrogens (tertiary/aromatic N) is 3. The molecule has 0 aliphatic heterocycles. The highest BCUT2D eigenvalue weighted by atomic mass is 16.5. The Morgan fingerprint density at radius 3 is 2.68 bits per heavy atom. The molecule has 1 atom stereocenters. The molecular weight excluding hydrogens is 246 g/mol. The number of hydrogen-bond acceptors (Lipinski definition) is 4. The van der Waals surface area contributed by atoms with Gasteiger partial charge in [0.05, 0.1) is 24.8 Å². The summed E-state index contributed by atoms with van der Waals surface area (Å²) in [5.74, 6) is -0.0423. The molecule has 0 aromatic carbocycles. The highest BCUT2D eigenvalue weighted by Crippen LogP contribution is 2.23. The molecule has 0 bridgehead atoms. The molecule has 1 aromatic rings. The fourth-order valence-electron chi connectivity index (χ4n) is 2.28. The second kappa shape index (κ2) is 6.56. The fraction of sp³-hybridized carbons (Fsp3) is 0.692. The van der Waals surface area contributed by atoms with Crippen LogP contribution >= 0.6 is 0 Å². The number of aromatic nitrogens is 2. The molecule has 0 radical (unpaired) electrons. The SMILES string of the molecule is CCN(Cc1c(C)nn(C)c1OC)C(C)CC(=O)O. The van der Waals surface area contributed by atoms with Gasteiger partial charge in [0.15, 0.2) is 0 Å². The van der Waals surface area contributed by atoms with Gasteiger partial charge in [-0.15, -0.1) is 0 Å². The smallest absolute Gasteiger partial charge is 0.304 e. The summed E-state index contributed by atoms with van der Waals surface area (Å²) < 4.78 is 7.07. The Labute approximate surface area is 114 Å². The molecule has 1 unspecified atom stereocenters. The number of ether oxygens (including phenoxy) is 1. The maximum absolute atomic E-state index is 10.8. The summed E-state index contributed by atoms with van der Waals surface area (Å²) in [4.78, 5) is 12.9. The van der Waals surface area contributed by atoms with E-state index < -0.39 is 5.97 Å². The van der Waals surface area contributed by atoms with Gasteiger partial charge in [-0.05, 0) is 20.4 Å². The van der Waals surface area contributed by atoms with Crippen LogP contribution in [0.1, 0.15) is 31.5 Å². The van der Waals surface area contributed by atoms with Gasteiger partial charge in [0.25, 0.3) is 0 Å². The molecule has 1 aromatic heterocycles. The van der Waals surface area contributed by atoms with E-state index in [1.807, 2.05) is 27.8 Å². The summed E-state index contributed by atoms with van der Waals surface area (Å²) in [5, 5.41) is 13.2. The monoisotopic (exact) mass is 269 g/mol. The first-order chi connectivity index (χ1) is 8.90. The largest absolute Gasteiger partial charge is 0.481 e. The van der Waals surface area contributed by atoms with Gasteiger partial charge in [-0.25, -0.2) is 4.68 Å². The van der Waals surface area contributed by atoms with E-state index in [9.17, 15) is 4.79 Å². The van der Waals surface area contributed by atoms with Crippen molar-refractivity contribution in [1.82, 2.24) is 14.7 Å². The molecule has 0 aliphatic rings. The van der Waals surface area contributed by atoms with E-state index in [0.29, 0.717) is 6.54 Å². The molecule has 0 spiro atoms. The molecule has 0 fully saturated rings. The minimum Gasteiger partial charge on any atom is -0.481 e. The van der Waals surface area contributed by atoms with Gasteiger partial charge in [-0.1, -0.05) is 6.92 Å². The number of aliphatic carboxylic acids is 1. The van der Waals surface area contributed by atoms with Crippen LogP contribution in [0.25, 0.3) is 0 Å². The minimum atomic E-state index is -0.777. The zero-order valence-electron chi connectivity index (χ0n) is 12.3. The van der Waals surface area contributed by atoms with E-state index in [1.54, 1.807) is 11.8 Å². The molecular formula is C13H23N3O3. The molecule has 0 saturated carbocycles. The molecule has 6 heteroatoms. The van der Waals surface area contributed by atoms with Gasteiger partial charge >= 0.3 is 5.97 Å². The number of hydrogen-bond donors (Lipinski definition) is 1. The molecule has 108 valence electrons. The summed E-state index contributed by atoms with van der Waals surface area (Å²) >= 11 is 0. The molecule has 0 saturated heterocycles. The number of carboxylic acids is 1. The van der Waals surface area contributed by atoms with Crippen molar-refractivity contribution < 1.29 is 14.6 Å². The van der Waals surface area contributed by atoms with Crippen molar-refractivity contribution in [2.45, 2.75) is 39.8 Å². The highest BCUT2D eigenvalue weighted by molar-refractivity contribution is 5.67. The first kappa shape index (κ1) is 15.5. The zero-order chi connectivity index (χ0) is 14.6. The minimum absolute atomic E-state index is 0.0215. The lowest BCUT2D eigenvalue weighted by Gasteiger charge is -2.26. The lowest BCUT2D eigenvalue weighted by atomic mass is 10.1. The lowest BCUT2D eigenvalue weighted by molar-refractivity contribution is -0.138. The quantitative estimate of drug-likeness (QED) is 0.811. The molecule has 1 rings (SSSR count). The first-order valence-electron chi connectivity index (χ1n) is 6.42. The van der Waals surface area contributed by atoms with Crippen LogP contribution in [0, 0.1) is 6.92 Å². The Morgan fingerprint density at radius 2 is 2.21 bits per heavy atom. The number of aryl methyl sites for hydroxylation is 2. The Kier molecular flexibility index (Phi) is 5.35. The fourth-order valence-corrected chi connectivity index (χ4v) is 2.28. The lowest BCUT2D eigenvalue weighted by Crippen LogP contribution is -2.34. The predicted molar refractivity (Wildman–Crippen MR) is 72.3 cm³/mol. The number of carboxylic acid groups (broad SMARTS) is 1. The second-order valence-corrected chi connectivity index (χ2v) is 4.71. The number of methoxy groups -OCH3 is 1. The predicted octanol–water partition coefficient (Wildman–Crippen LogP) is 1.42. The number of carbonyl (C=O) groups is 1. The van der Waals surface area contributed by atoms with Crippen LogP contribution in [0.15, 0.2) is 0 Å². The summed E-state index contributed by atoms with van der Waals surface area (Å²) in [6, 6.07) is -0.0215. The van der Waals surface area contributed by atoms with Crippen LogP contribution in [-0.2, 0) is 18.4 Å². The van der Waals surface area contributed by atoms with Crippen molar-refractivity contribution in [3.63, 3.8) is 0 Å². The highest BCUT2D eigenvalue weighted by Gasteiger charge is 2.21. The van der Waals surface area contributed by atoms with Crippen LogP contribution in [0.5, 0.6) is 5.88 Å². The zero-order valence-corrected chi connectivity index (χ0v) is 12.3. The summed E-state index contributed by atoms with van der Waals surface area (Å²) in [6.45, 7) is 7.32. The van der Waals surface area contributed by atoms with Gasteiger partial charge in [0, 0.05) is 19.6 Å². The van der Waals surface area contributed by atoms with Gasteiger partial charge < -0.3 is 9.84 Å². The Morgan fingerprint density at radius 1 is 1.58 bits per heavy atom. The van der Waals surface area contributed by atoms with E-state index in [-0.39, 0.29) is 12.5 Å². The van der Waals surface area contributed by atoms with Crippen molar-refractivity contribution in [3.8, 4) is 5.88 Å². The average Bonchev–Trinajstić information content (AvgIpc) is 2.58. The average molecular weight is 269 g/mol. The number of rotatable bonds is 7. The maximum Gasteiger partial charge on any atom is 0.304 e. The topological polar surface area (TPSA) is 67.6 Å². The normalized spacial score (nSPS) is 12.7. The van der Waals surface area contributed by atoms with Crippen molar-refractivity contribution in [3.05, 3.63) is 11.3 Å². The second-order valence-electron chi connectivity index (χ2n) is 4.71. The Balaban J connectivity index is 2.89. The van der Waals surface area contributed by atoms with Crippen LogP contribution in [0.2, 0.25) is 0 Å². The molecule has 0 aliphatic carbocycles. The third-order valence-electron chi connectivity index (χ3n) is 3.34. The van der Waals surface area contributed by atoms with E-state index >= 15 is 0 Å². The van der Waals surface area contributed by atoms with Crippen LogP contribution < -0.4 is 4.74 Å². The van der Waals surface area contributed by atoms with Crippen molar-refractivity contribution in [1.29, 1.82) is 0 Å². The molecule has 19 heavy (non-hydrogen) atoms. The van der Waals surface area contributed by atoms with E-state index in [4.69, 9.17) is 9.84 Å². The summed E-state index contributed by atoms with van der Waals surface area (Å²) in [6.07, 6.45) is 0.134. The van der Waals surface area contributed by atoms with Gasteiger partial charge in [0.2, 0.25) is 5.88 Å². The standard InChI is InChI=1S/C13H23N3O3/c1-6-16(9(2)7-12(17)18)8-11-10(3)14-15(4)13(11)19-5/h9H,6-8H2,1-5H3,(H,17,18). The van der Waals surface area contributed by atoms with Crippen LogP contribution in [0.3, 0.4) is 0 Å². The Hall–Kier alpha value is -1.56. The summed E-state index contributed by atoms with van der Waals surface area (Å²) in [7, 11) is 3.46. The molecule has 0 amide bonds. The molecule has 6 nitrogen and oxygen atoms in total. The third-order valence-corrected chi connectivity index (χ3v) is 3.34. The Bertz CT molecular complexity index is 443.